The second-order valence-corrected chi connectivity index (χ2v) is 14.9. The third-order valence-corrected chi connectivity index (χ3v) is 7.65. The summed E-state index contributed by atoms with van der Waals surface area (Å²) in [4.78, 5) is 39.6. The van der Waals surface area contributed by atoms with Crippen LogP contribution in [0.3, 0.4) is 0 Å². The molecule has 0 fully saturated rings. The molecule has 9 heteroatoms. The van der Waals surface area contributed by atoms with E-state index in [9.17, 15) is 14.4 Å². The summed E-state index contributed by atoms with van der Waals surface area (Å²) in [7, 11) is 0. The SMILES string of the molecule is Cc1cc(C)cc(NCCCCOC(C(=O)NCCCCCc2ccc3ccccc3c2)C(OCC(=O)OC(C)(C)C)C(=O)OC(C)(C)C)c1. The zero-order valence-corrected chi connectivity index (χ0v) is 31.4. The molecule has 0 aliphatic heterocycles. The summed E-state index contributed by atoms with van der Waals surface area (Å²) in [5.74, 6) is -1.94. The van der Waals surface area contributed by atoms with Gasteiger partial charge in [-0.1, -0.05) is 55.0 Å². The number of carbonyl (C=O) groups is 3. The molecule has 50 heavy (non-hydrogen) atoms. The largest absolute Gasteiger partial charge is 0.458 e. The summed E-state index contributed by atoms with van der Waals surface area (Å²) < 4.78 is 22.8. The van der Waals surface area contributed by atoms with Crippen LogP contribution in [0.5, 0.6) is 0 Å². The van der Waals surface area contributed by atoms with Crippen LogP contribution in [0.2, 0.25) is 0 Å². The van der Waals surface area contributed by atoms with Gasteiger partial charge in [0.2, 0.25) is 0 Å². The van der Waals surface area contributed by atoms with E-state index >= 15 is 0 Å². The number of hydrogen-bond donors (Lipinski definition) is 2. The van der Waals surface area contributed by atoms with Gasteiger partial charge < -0.3 is 29.6 Å². The third-order valence-electron chi connectivity index (χ3n) is 7.65. The van der Waals surface area contributed by atoms with Crippen molar-refractivity contribution in [1.29, 1.82) is 0 Å². The Hall–Kier alpha value is -3.95. The van der Waals surface area contributed by atoms with Gasteiger partial charge in [0.05, 0.1) is 0 Å². The van der Waals surface area contributed by atoms with Gasteiger partial charge in [-0.25, -0.2) is 9.59 Å². The fraction of sp³-hybridized carbons (Fsp3) is 0.537. The fourth-order valence-corrected chi connectivity index (χ4v) is 5.55. The van der Waals surface area contributed by atoms with Crippen molar-refractivity contribution in [3.63, 3.8) is 0 Å². The van der Waals surface area contributed by atoms with Gasteiger partial charge in [-0.15, -0.1) is 0 Å². The lowest BCUT2D eigenvalue weighted by atomic mass is 10.0. The van der Waals surface area contributed by atoms with Crippen LogP contribution in [0.15, 0.2) is 60.7 Å². The van der Waals surface area contributed by atoms with Crippen LogP contribution in [-0.2, 0) is 39.8 Å². The van der Waals surface area contributed by atoms with Gasteiger partial charge in [-0.2, -0.15) is 0 Å². The molecule has 0 saturated carbocycles. The maximum atomic E-state index is 13.6. The van der Waals surface area contributed by atoms with Gasteiger partial charge in [-0.05, 0) is 127 Å². The zero-order valence-electron chi connectivity index (χ0n) is 31.4. The van der Waals surface area contributed by atoms with E-state index in [1.165, 1.54) is 27.5 Å². The lowest BCUT2D eigenvalue weighted by Crippen LogP contribution is -2.51. The highest BCUT2D eigenvalue weighted by Crippen LogP contribution is 2.19. The quantitative estimate of drug-likeness (QED) is 0.0976. The molecule has 0 saturated heterocycles. The van der Waals surface area contributed by atoms with Crippen LogP contribution < -0.4 is 10.6 Å². The Balaban J connectivity index is 1.60. The van der Waals surface area contributed by atoms with Crippen molar-refractivity contribution in [1.82, 2.24) is 5.32 Å². The Morgan fingerprint density at radius 3 is 2.02 bits per heavy atom. The number of benzene rings is 3. The minimum atomic E-state index is -1.47. The first kappa shape index (κ1) is 40.5. The van der Waals surface area contributed by atoms with Crippen molar-refractivity contribution in [2.24, 2.45) is 0 Å². The molecule has 2 N–H and O–H groups in total. The van der Waals surface area contributed by atoms with Gasteiger partial charge >= 0.3 is 11.9 Å². The minimum absolute atomic E-state index is 0.202. The van der Waals surface area contributed by atoms with Gasteiger partial charge in [0.1, 0.15) is 17.8 Å². The summed E-state index contributed by atoms with van der Waals surface area (Å²) in [5.41, 5.74) is 3.13. The van der Waals surface area contributed by atoms with Crippen molar-refractivity contribution in [2.45, 2.75) is 117 Å². The highest BCUT2D eigenvalue weighted by atomic mass is 16.6. The molecule has 0 aromatic heterocycles. The second-order valence-electron chi connectivity index (χ2n) is 14.9. The second kappa shape index (κ2) is 19.4. The van der Waals surface area contributed by atoms with Crippen molar-refractivity contribution < 1.29 is 33.3 Å². The molecule has 0 bridgehead atoms. The third kappa shape index (κ3) is 15.3. The summed E-state index contributed by atoms with van der Waals surface area (Å²) in [6, 6.07) is 21.2. The average Bonchev–Trinajstić information content (AvgIpc) is 3.01. The Morgan fingerprint density at radius 1 is 0.680 bits per heavy atom. The van der Waals surface area contributed by atoms with Crippen molar-refractivity contribution in [2.75, 3.05) is 31.6 Å². The summed E-state index contributed by atoms with van der Waals surface area (Å²) in [5, 5.41) is 8.82. The molecule has 0 aliphatic rings. The first-order chi connectivity index (χ1) is 23.6. The van der Waals surface area contributed by atoms with E-state index in [4.69, 9.17) is 18.9 Å². The van der Waals surface area contributed by atoms with Crippen LogP contribution >= 0.6 is 0 Å². The highest BCUT2D eigenvalue weighted by molar-refractivity contribution is 5.89. The van der Waals surface area contributed by atoms with Gasteiger partial charge in [-0.3, -0.25) is 4.79 Å². The van der Waals surface area contributed by atoms with E-state index < -0.39 is 47.9 Å². The number of ether oxygens (including phenoxy) is 4. The van der Waals surface area contributed by atoms with E-state index in [-0.39, 0.29) is 6.61 Å². The van der Waals surface area contributed by atoms with Crippen molar-refractivity contribution in [3.05, 3.63) is 77.4 Å². The van der Waals surface area contributed by atoms with Gasteiger partial charge in [0.15, 0.2) is 12.2 Å². The van der Waals surface area contributed by atoms with E-state index in [1.807, 2.05) is 12.1 Å². The number of amides is 1. The molecule has 2 atom stereocenters. The first-order valence-corrected chi connectivity index (χ1v) is 17.8. The van der Waals surface area contributed by atoms with Crippen molar-refractivity contribution >= 4 is 34.3 Å². The normalized spacial score (nSPS) is 13.0. The number of fused-ring (bicyclic) bond motifs is 1. The number of hydrogen-bond acceptors (Lipinski definition) is 8. The molecule has 0 heterocycles. The molecule has 0 spiro atoms. The van der Waals surface area contributed by atoms with Crippen LogP contribution in [0.1, 0.15) is 90.3 Å². The molecule has 9 nitrogen and oxygen atoms in total. The number of esters is 2. The van der Waals surface area contributed by atoms with E-state index in [0.29, 0.717) is 19.5 Å². The monoisotopic (exact) mass is 690 g/mol. The molecule has 0 radical (unpaired) electrons. The Morgan fingerprint density at radius 2 is 1.34 bits per heavy atom. The average molecular weight is 691 g/mol. The van der Waals surface area contributed by atoms with E-state index in [2.05, 4.69) is 73.0 Å². The standard InChI is InChI=1S/C41H58N2O7/c1-29-24-30(2)26-34(25-29)42-21-14-15-23-47-36(37(39(46)50-41(6,7)8)48-28-35(44)49-40(3,4)5)38(45)43-22-13-9-10-16-31-19-20-32-17-11-12-18-33(32)27-31/h11-12,17-20,24-27,36-37,42H,9-10,13-16,21-23,28H2,1-8H3,(H,43,45). The maximum Gasteiger partial charge on any atom is 0.339 e. The summed E-state index contributed by atoms with van der Waals surface area (Å²) in [6.45, 7) is 15.3. The molecule has 0 aliphatic carbocycles. The minimum Gasteiger partial charge on any atom is -0.458 e. The molecule has 3 aromatic rings. The number of carbonyl (C=O) groups excluding carboxylic acids is 3. The molecular formula is C41H58N2O7. The molecule has 3 aromatic carbocycles. The summed E-state index contributed by atoms with van der Waals surface area (Å²) >= 11 is 0. The smallest absolute Gasteiger partial charge is 0.339 e. The predicted molar refractivity (Wildman–Crippen MR) is 199 cm³/mol. The number of anilines is 1. The zero-order chi connectivity index (χ0) is 36.7. The van der Waals surface area contributed by atoms with E-state index in [0.717, 1.165) is 37.8 Å². The Bertz CT molecular complexity index is 1520. The number of nitrogens with one attached hydrogen (secondary N) is 2. The number of aryl methyl sites for hydroxylation is 3. The predicted octanol–water partition coefficient (Wildman–Crippen LogP) is 7.63. The van der Waals surface area contributed by atoms with Crippen LogP contribution in [0.25, 0.3) is 10.8 Å². The van der Waals surface area contributed by atoms with Crippen LogP contribution in [-0.4, -0.2) is 67.6 Å². The van der Waals surface area contributed by atoms with Gasteiger partial charge in [0.25, 0.3) is 5.91 Å². The van der Waals surface area contributed by atoms with Crippen LogP contribution in [0.4, 0.5) is 5.69 Å². The van der Waals surface area contributed by atoms with E-state index in [1.54, 1.807) is 41.5 Å². The first-order valence-electron chi connectivity index (χ1n) is 17.8. The van der Waals surface area contributed by atoms with Crippen LogP contribution in [0, 0.1) is 13.8 Å². The molecular weight excluding hydrogens is 632 g/mol. The molecule has 2 unspecified atom stereocenters. The van der Waals surface area contributed by atoms with Gasteiger partial charge in [0, 0.05) is 25.4 Å². The van der Waals surface area contributed by atoms with Crippen molar-refractivity contribution in [3.8, 4) is 0 Å². The maximum absolute atomic E-state index is 13.6. The molecule has 3 rings (SSSR count). The number of rotatable bonds is 19. The number of unbranched alkanes of at least 4 members (excludes halogenated alkanes) is 3. The Kier molecular flexibility index (Phi) is 15.7. The topological polar surface area (TPSA) is 112 Å². The highest BCUT2D eigenvalue weighted by Gasteiger charge is 2.39. The lowest BCUT2D eigenvalue weighted by Gasteiger charge is -2.29. The molecule has 274 valence electrons. The Labute approximate surface area is 298 Å². The lowest BCUT2D eigenvalue weighted by molar-refractivity contribution is -0.187. The summed E-state index contributed by atoms with van der Waals surface area (Å²) in [6.07, 6.45) is 2.20. The fourth-order valence-electron chi connectivity index (χ4n) is 5.55. The molecule has 1 amide bonds.